The normalized spacial score (nSPS) is 20.3. The zero-order chi connectivity index (χ0) is 22.0. The second-order valence-electron chi connectivity index (χ2n) is 7.96. The third kappa shape index (κ3) is 3.81. The molecule has 9 heteroatoms. The minimum Gasteiger partial charge on any atom is -0.469 e. The summed E-state index contributed by atoms with van der Waals surface area (Å²) in [6.45, 7) is 1.40. The summed E-state index contributed by atoms with van der Waals surface area (Å²) in [5.41, 5.74) is 0.833. The Kier molecular flexibility index (Phi) is 5.77. The molecule has 0 radical (unpaired) electrons. The van der Waals surface area contributed by atoms with Crippen LogP contribution >= 0.6 is 0 Å². The van der Waals surface area contributed by atoms with Crippen molar-refractivity contribution >= 4 is 17.8 Å². The van der Waals surface area contributed by atoms with Gasteiger partial charge in [0, 0.05) is 25.7 Å². The molecule has 2 saturated heterocycles. The van der Waals surface area contributed by atoms with E-state index >= 15 is 0 Å². The van der Waals surface area contributed by atoms with Crippen LogP contribution in [0.15, 0.2) is 42.7 Å². The van der Waals surface area contributed by atoms with Gasteiger partial charge in [-0.15, -0.1) is 0 Å². The summed E-state index contributed by atoms with van der Waals surface area (Å²) in [5, 5.41) is 5.63. The van der Waals surface area contributed by atoms with Crippen molar-refractivity contribution in [3.8, 4) is 0 Å². The number of esters is 1. The molecule has 2 amide bonds. The Balaban J connectivity index is 1.45. The summed E-state index contributed by atoms with van der Waals surface area (Å²) >= 11 is 0. The van der Waals surface area contributed by atoms with Crippen LogP contribution in [0.2, 0.25) is 0 Å². The zero-order valence-corrected chi connectivity index (χ0v) is 17.7. The molecule has 4 rings (SSSR count). The van der Waals surface area contributed by atoms with Gasteiger partial charge in [-0.1, -0.05) is 30.3 Å². The first-order chi connectivity index (χ1) is 15.0. The van der Waals surface area contributed by atoms with Gasteiger partial charge in [0.25, 0.3) is 5.91 Å². The Bertz CT molecular complexity index is 963. The molecule has 2 aromatic rings. The maximum atomic E-state index is 13.0. The summed E-state index contributed by atoms with van der Waals surface area (Å²) < 4.78 is 6.67. The molecule has 0 aliphatic carbocycles. The fraction of sp³-hybridized carbons (Fsp3) is 0.455. The molecular weight excluding hydrogens is 400 g/mol. The van der Waals surface area contributed by atoms with Crippen LogP contribution in [-0.2, 0) is 25.7 Å². The third-order valence-corrected chi connectivity index (χ3v) is 6.31. The van der Waals surface area contributed by atoms with Crippen molar-refractivity contribution in [1.29, 1.82) is 0 Å². The molecule has 1 aromatic carbocycles. The van der Waals surface area contributed by atoms with Crippen LogP contribution < -0.4 is 0 Å². The molecule has 1 unspecified atom stereocenters. The van der Waals surface area contributed by atoms with Gasteiger partial charge in [0.15, 0.2) is 0 Å². The molecule has 1 spiro atoms. The van der Waals surface area contributed by atoms with Gasteiger partial charge in [-0.2, -0.15) is 5.10 Å². The lowest BCUT2D eigenvalue weighted by Gasteiger charge is -2.45. The van der Waals surface area contributed by atoms with E-state index in [1.54, 1.807) is 22.0 Å². The van der Waals surface area contributed by atoms with E-state index in [0.29, 0.717) is 38.0 Å². The van der Waals surface area contributed by atoms with Crippen LogP contribution in [0.1, 0.15) is 35.2 Å². The smallest absolute Gasteiger partial charge is 0.311 e. The number of amides is 2. The number of hydrogen-bond donors (Lipinski definition) is 0. The first kappa shape index (κ1) is 21.0. The minimum atomic E-state index is -0.785. The lowest BCUT2D eigenvalue weighted by molar-refractivity contribution is -0.208. The lowest BCUT2D eigenvalue weighted by Crippen LogP contribution is -2.57. The highest BCUT2D eigenvalue weighted by Crippen LogP contribution is 2.44. The van der Waals surface area contributed by atoms with Crippen molar-refractivity contribution in [2.24, 2.45) is 5.92 Å². The summed E-state index contributed by atoms with van der Waals surface area (Å²) in [6.07, 6.45) is 4.26. The van der Waals surface area contributed by atoms with Gasteiger partial charge >= 0.3 is 5.97 Å². The first-order valence-electron chi connectivity index (χ1n) is 10.3. The first-order valence-corrected chi connectivity index (χ1v) is 10.3. The Morgan fingerprint density at radius 3 is 2.52 bits per heavy atom. The molecule has 164 valence electrons. The SMILES string of the molecule is COC(=O)C1CC(=O)N(OC)C12CCN(C(=O)c1cnn(Cc3ccccc3)c1)CC2. The highest BCUT2D eigenvalue weighted by molar-refractivity contribution is 5.94. The molecule has 31 heavy (non-hydrogen) atoms. The molecule has 0 bridgehead atoms. The van der Waals surface area contributed by atoms with Gasteiger partial charge in [-0.25, -0.2) is 5.06 Å². The van der Waals surface area contributed by atoms with Gasteiger partial charge in [0.1, 0.15) is 0 Å². The van der Waals surface area contributed by atoms with Crippen LogP contribution in [0.25, 0.3) is 0 Å². The number of nitrogens with zero attached hydrogens (tertiary/aromatic N) is 4. The highest BCUT2D eigenvalue weighted by Gasteiger charge is 2.58. The number of ether oxygens (including phenoxy) is 1. The fourth-order valence-electron chi connectivity index (χ4n) is 4.73. The third-order valence-electron chi connectivity index (χ3n) is 6.31. The molecular formula is C22H26N4O5. The Morgan fingerprint density at radius 2 is 1.87 bits per heavy atom. The molecule has 0 N–H and O–H groups in total. The van der Waals surface area contributed by atoms with E-state index in [9.17, 15) is 14.4 Å². The van der Waals surface area contributed by atoms with Crippen LogP contribution in [-0.4, -0.2) is 70.4 Å². The number of carbonyl (C=O) groups is 3. The number of aromatic nitrogens is 2. The summed E-state index contributed by atoms with van der Waals surface area (Å²) in [6, 6.07) is 9.91. The Hall–Kier alpha value is -3.20. The van der Waals surface area contributed by atoms with Crippen molar-refractivity contribution < 1.29 is 24.0 Å². The van der Waals surface area contributed by atoms with Crippen molar-refractivity contribution in [3.05, 3.63) is 53.9 Å². The molecule has 9 nitrogen and oxygen atoms in total. The van der Waals surface area contributed by atoms with E-state index in [-0.39, 0.29) is 18.2 Å². The lowest BCUT2D eigenvalue weighted by atomic mass is 9.77. The van der Waals surface area contributed by atoms with Gasteiger partial charge in [0.05, 0.1) is 44.0 Å². The maximum Gasteiger partial charge on any atom is 0.311 e. The second kappa shape index (κ2) is 8.50. The van der Waals surface area contributed by atoms with E-state index < -0.39 is 17.4 Å². The van der Waals surface area contributed by atoms with Crippen LogP contribution in [0.5, 0.6) is 0 Å². The molecule has 1 aromatic heterocycles. The molecule has 2 aliphatic rings. The number of rotatable bonds is 5. The van der Waals surface area contributed by atoms with Crippen LogP contribution in [0, 0.1) is 5.92 Å². The van der Waals surface area contributed by atoms with Crippen molar-refractivity contribution in [2.75, 3.05) is 27.3 Å². The van der Waals surface area contributed by atoms with E-state index in [1.807, 2.05) is 30.3 Å². The fourth-order valence-corrected chi connectivity index (χ4v) is 4.73. The van der Waals surface area contributed by atoms with E-state index in [2.05, 4.69) is 5.10 Å². The van der Waals surface area contributed by atoms with Crippen LogP contribution in [0.4, 0.5) is 0 Å². The van der Waals surface area contributed by atoms with Gasteiger partial charge < -0.3 is 9.64 Å². The molecule has 2 fully saturated rings. The number of methoxy groups -OCH3 is 1. The predicted octanol–water partition coefficient (Wildman–Crippen LogP) is 1.49. The minimum absolute atomic E-state index is 0.0563. The number of piperidine rings is 1. The van der Waals surface area contributed by atoms with Gasteiger partial charge in [-0.05, 0) is 18.4 Å². The molecule has 1 atom stereocenters. The monoisotopic (exact) mass is 426 g/mol. The Morgan fingerprint density at radius 1 is 1.16 bits per heavy atom. The van der Waals surface area contributed by atoms with Crippen molar-refractivity contribution in [2.45, 2.75) is 31.3 Å². The topological polar surface area (TPSA) is 94.0 Å². The predicted molar refractivity (Wildman–Crippen MR) is 110 cm³/mol. The second-order valence-corrected chi connectivity index (χ2v) is 7.96. The van der Waals surface area contributed by atoms with E-state index in [1.165, 1.54) is 19.3 Å². The van der Waals surface area contributed by atoms with E-state index in [0.717, 1.165) is 5.56 Å². The number of likely N-dealkylation sites (tertiary alicyclic amines) is 1. The number of hydroxylamine groups is 2. The van der Waals surface area contributed by atoms with Gasteiger partial charge in [-0.3, -0.25) is 23.9 Å². The standard InChI is InChI=1S/C22H26N4O5/c1-30-21(29)18-12-19(27)26(31-2)22(18)8-10-24(11-9-22)20(28)17-13-23-25(15-17)14-16-6-4-3-5-7-16/h3-7,13,15,18H,8-12,14H2,1-2H3. The summed E-state index contributed by atoms with van der Waals surface area (Å²) in [5.74, 6) is -1.37. The molecule has 3 heterocycles. The number of carbonyl (C=O) groups excluding carboxylic acids is 3. The van der Waals surface area contributed by atoms with Crippen molar-refractivity contribution in [3.63, 3.8) is 0 Å². The zero-order valence-electron chi connectivity index (χ0n) is 17.7. The molecule has 2 aliphatic heterocycles. The molecule has 0 saturated carbocycles. The summed E-state index contributed by atoms with van der Waals surface area (Å²) in [4.78, 5) is 44.8. The number of hydrogen-bond acceptors (Lipinski definition) is 6. The largest absolute Gasteiger partial charge is 0.469 e. The van der Waals surface area contributed by atoms with E-state index in [4.69, 9.17) is 9.57 Å². The van der Waals surface area contributed by atoms with Crippen molar-refractivity contribution in [1.82, 2.24) is 19.7 Å². The Labute approximate surface area is 180 Å². The van der Waals surface area contributed by atoms with Crippen LogP contribution in [0.3, 0.4) is 0 Å². The number of benzene rings is 1. The average Bonchev–Trinajstić information content (AvgIpc) is 3.36. The summed E-state index contributed by atoms with van der Waals surface area (Å²) in [7, 11) is 2.75. The van der Waals surface area contributed by atoms with Gasteiger partial charge in [0.2, 0.25) is 5.91 Å². The highest BCUT2D eigenvalue weighted by atomic mass is 16.7. The maximum absolute atomic E-state index is 13.0. The average molecular weight is 426 g/mol. The quantitative estimate of drug-likeness (QED) is 0.673.